The number of rotatable bonds is 7. The van der Waals surface area contributed by atoms with Crippen molar-refractivity contribution < 1.29 is 23.1 Å². The van der Waals surface area contributed by atoms with Crippen molar-refractivity contribution in [1.29, 1.82) is 0 Å². The van der Waals surface area contributed by atoms with Crippen molar-refractivity contribution >= 4 is 22.0 Å². The van der Waals surface area contributed by atoms with Crippen LogP contribution in [0.1, 0.15) is 31.9 Å². The lowest BCUT2D eigenvalue weighted by Crippen LogP contribution is -2.50. The summed E-state index contributed by atoms with van der Waals surface area (Å²) in [5, 5.41) is 9.75. The first-order valence-corrected chi connectivity index (χ1v) is 12.8. The second kappa shape index (κ2) is 11.1. The summed E-state index contributed by atoms with van der Waals surface area (Å²) in [5.74, 6) is -0.0757. The molecule has 184 valence electrons. The van der Waals surface area contributed by atoms with Gasteiger partial charge in [0.1, 0.15) is 16.7 Å². The van der Waals surface area contributed by atoms with Crippen molar-refractivity contribution in [2.45, 2.75) is 44.2 Å². The van der Waals surface area contributed by atoms with E-state index in [1.165, 1.54) is 4.31 Å². The molecule has 2 aromatic rings. The Morgan fingerprint density at radius 2 is 2.15 bits per heavy atom. The van der Waals surface area contributed by atoms with Gasteiger partial charge in [0, 0.05) is 37.9 Å². The molecule has 0 unspecified atom stereocenters. The van der Waals surface area contributed by atoms with Gasteiger partial charge in [0.2, 0.25) is 15.9 Å². The normalized spacial score (nSPS) is 21.2. The Bertz CT molecular complexity index is 1120. The van der Waals surface area contributed by atoms with Crippen LogP contribution < -0.4 is 4.74 Å². The fourth-order valence-corrected chi connectivity index (χ4v) is 5.77. The molecule has 3 atom stereocenters. The summed E-state index contributed by atoms with van der Waals surface area (Å²) in [7, 11) is -2.17. The van der Waals surface area contributed by atoms with Crippen LogP contribution >= 0.6 is 0 Å². The number of amides is 1. The van der Waals surface area contributed by atoms with Gasteiger partial charge in [0.15, 0.2) is 0 Å². The van der Waals surface area contributed by atoms with E-state index in [-0.39, 0.29) is 48.6 Å². The smallest absolute Gasteiger partial charge is 0.247 e. The van der Waals surface area contributed by atoms with Crippen molar-refractivity contribution in [2.75, 3.05) is 26.7 Å². The second-order valence-corrected chi connectivity index (χ2v) is 10.6. The lowest BCUT2D eigenvalue weighted by molar-refractivity contribution is -0.130. The number of nitrogens with zero attached hydrogens (tertiary/aromatic N) is 3. The van der Waals surface area contributed by atoms with Gasteiger partial charge in [-0.25, -0.2) is 8.42 Å². The lowest BCUT2D eigenvalue weighted by Gasteiger charge is -2.37. The minimum absolute atomic E-state index is 0.0577. The topological polar surface area (TPSA) is 100 Å². The number of carbonyl (C=O) groups is 1. The molecule has 1 aliphatic heterocycles. The second-order valence-electron chi connectivity index (χ2n) is 8.76. The molecule has 0 aliphatic carbocycles. The lowest BCUT2D eigenvalue weighted by atomic mass is 10.0. The van der Waals surface area contributed by atoms with E-state index in [0.717, 1.165) is 11.1 Å². The highest BCUT2D eigenvalue weighted by Gasteiger charge is 2.38. The summed E-state index contributed by atoms with van der Waals surface area (Å²) in [6.07, 6.45) is 6.82. The number of hydrogen-bond acceptors (Lipinski definition) is 6. The number of aliphatic hydroxyl groups excluding tert-OH is 1. The van der Waals surface area contributed by atoms with Crippen molar-refractivity contribution in [3.63, 3.8) is 0 Å². The molecule has 0 spiro atoms. The monoisotopic (exact) mass is 487 g/mol. The Morgan fingerprint density at radius 3 is 2.79 bits per heavy atom. The van der Waals surface area contributed by atoms with Crippen molar-refractivity contribution in [1.82, 2.24) is 14.2 Å². The molecule has 0 saturated heterocycles. The van der Waals surface area contributed by atoms with Crippen LogP contribution in [0.2, 0.25) is 0 Å². The number of sulfonamides is 1. The highest BCUT2D eigenvalue weighted by Crippen LogP contribution is 2.34. The average molecular weight is 488 g/mol. The fraction of sp³-hybridized carbons (Fsp3) is 0.440. The summed E-state index contributed by atoms with van der Waals surface area (Å²) in [4.78, 5) is 18.6. The third kappa shape index (κ3) is 5.84. The molecule has 9 heteroatoms. The third-order valence-electron chi connectivity index (χ3n) is 6.01. The van der Waals surface area contributed by atoms with E-state index >= 15 is 0 Å². The summed E-state index contributed by atoms with van der Waals surface area (Å²) in [6, 6.07) is 8.02. The van der Waals surface area contributed by atoms with Gasteiger partial charge in [-0.05, 0) is 43.2 Å². The van der Waals surface area contributed by atoms with Crippen LogP contribution in [0.3, 0.4) is 0 Å². The number of fused-ring (bicyclic) bond motifs is 1. The summed E-state index contributed by atoms with van der Waals surface area (Å²) in [6.45, 7) is 5.61. The molecule has 1 amide bonds. The fourth-order valence-electron chi connectivity index (χ4n) is 3.94. The van der Waals surface area contributed by atoms with Crippen LogP contribution in [-0.2, 0) is 21.2 Å². The van der Waals surface area contributed by atoms with Crippen molar-refractivity contribution in [3.8, 4) is 5.75 Å². The van der Waals surface area contributed by atoms with Crippen LogP contribution in [-0.4, -0.2) is 72.5 Å². The molecule has 2 heterocycles. The van der Waals surface area contributed by atoms with Crippen LogP contribution in [0.5, 0.6) is 5.75 Å². The van der Waals surface area contributed by atoms with Crippen LogP contribution in [0.25, 0.3) is 6.08 Å². The van der Waals surface area contributed by atoms with Gasteiger partial charge in [-0.15, -0.1) is 0 Å². The van der Waals surface area contributed by atoms with Crippen LogP contribution in [0.4, 0.5) is 0 Å². The van der Waals surface area contributed by atoms with Crippen LogP contribution in [0.15, 0.2) is 53.7 Å². The maximum atomic E-state index is 13.5. The van der Waals surface area contributed by atoms with E-state index in [1.807, 2.05) is 32.1 Å². The Morgan fingerprint density at radius 1 is 1.38 bits per heavy atom. The van der Waals surface area contributed by atoms with Gasteiger partial charge in [0.05, 0.1) is 19.6 Å². The predicted octanol–water partition coefficient (Wildman–Crippen LogP) is 2.58. The highest BCUT2D eigenvalue weighted by molar-refractivity contribution is 7.89. The van der Waals surface area contributed by atoms with E-state index in [9.17, 15) is 18.3 Å². The molecular weight excluding hydrogens is 454 g/mol. The SMILES string of the molecule is CC=Cc1ccc2c(c1)O[C@@H](CN(C)C(=O)Cc1cccnc1)[C@@H](C)CN([C@@H](C)CO)S2(=O)=O. The molecule has 3 rings (SSSR count). The zero-order valence-corrected chi connectivity index (χ0v) is 20.9. The van der Waals surface area contributed by atoms with E-state index in [4.69, 9.17) is 4.74 Å². The number of pyridine rings is 1. The number of benzene rings is 1. The zero-order valence-electron chi connectivity index (χ0n) is 20.1. The maximum Gasteiger partial charge on any atom is 0.247 e. The third-order valence-corrected chi connectivity index (χ3v) is 8.03. The number of ether oxygens (including phenoxy) is 1. The number of allylic oxidation sites excluding steroid dienone is 1. The quantitative estimate of drug-likeness (QED) is 0.644. The van der Waals surface area contributed by atoms with Gasteiger partial charge in [-0.1, -0.05) is 31.2 Å². The molecule has 0 bridgehead atoms. The first kappa shape index (κ1) is 25.9. The Balaban J connectivity index is 1.94. The zero-order chi connectivity index (χ0) is 24.9. The number of hydrogen-bond donors (Lipinski definition) is 1. The molecule has 8 nitrogen and oxygen atoms in total. The molecule has 1 N–H and O–H groups in total. The molecular formula is C25H33N3O5S. The van der Waals surface area contributed by atoms with E-state index < -0.39 is 22.2 Å². The number of aromatic nitrogens is 1. The molecule has 1 aromatic carbocycles. The number of likely N-dealkylation sites (N-methyl/N-ethyl adjacent to an activating group) is 1. The molecule has 1 aromatic heterocycles. The van der Waals surface area contributed by atoms with Gasteiger partial charge in [-0.2, -0.15) is 4.31 Å². The summed E-state index contributed by atoms with van der Waals surface area (Å²) in [5.41, 5.74) is 1.63. The minimum Gasteiger partial charge on any atom is -0.487 e. The van der Waals surface area contributed by atoms with E-state index in [0.29, 0.717) is 0 Å². The maximum absolute atomic E-state index is 13.5. The molecule has 0 fully saturated rings. The Hall–Kier alpha value is -2.75. The van der Waals surface area contributed by atoms with Crippen LogP contribution in [0, 0.1) is 5.92 Å². The van der Waals surface area contributed by atoms with E-state index in [1.54, 1.807) is 55.5 Å². The summed E-state index contributed by atoms with van der Waals surface area (Å²) >= 11 is 0. The largest absolute Gasteiger partial charge is 0.487 e. The van der Waals surface area contributed by atoms with Gasteiger partial charge >= 0.3 is 0 Å². The molecule has 0 radical (unpaired) electrons. The standard InChI is InChI=1S/C25H33N3O5S/c1-5-7-20-9-10-24-22(12-20)33-23(18(2)15-28(19(3)17-29)34(24,31)32)16-27(4)25(30)13-21-8-6-11-26-14-21/h5-12,14,18-19,23,29H,13,15-17H2,1-4H3/t18-,19-,23-/m0/s1. The number of aliphatic hydroxyl groups is 1. The Labute approximate surface area is 201 Å². The Kier molecular flexibility index (Phi) is 8.46. The molecule has 0 saturated carbocycles. The molecule has 34 heavy (non-hydrogen) atoms. The molecule has 1 aliphatic rings. The first-order valence-electron chi connectivity index (χ1n) is 11.4. The summed E-state index contributed by atoms with van der Waals surface area (Å²) < 4.78 is 34.6. The van der Waals surface area contributed by atoms with Gasteiger partial charge in [0.25, 0.3) is 0 Å². The first-order chi connectivity index (χ1) is 16.2. The number of carbonyl (C=O) groups excluding carboxylic acids is 1. The van der Waals surface area contributed by atoms with Crippen molar-refractivity contribution in [2.24, 2.45) is 5.92 Å². The predicted molar refractivity (Wildman–Crippen MR) is 131 cm³/mol. The average Bonchev–Trinajstić information content (AvgIpc) is 2.81. The van der Waals surface area contributed by atoms with Gasteiger partial charge < -0.3 is 14.7 Å². The van der Waals surface area contributed by atoms with Gasteiger partial charge in [-0.3, -0.25) is 9.78 Å². The highest BCUT2D eigenvalue weighted by atomic mass is 32.2. The van der Waals surface area contributed by atoms with Crippen molar-refractivity contribution in [3.05, 3.63) is 59.9 Å². The van der Waals surface area contributed by atoms with E-state index in [2.05, 4.69) is 4.98 Å². The minimum atomic E-state index is -3.89.